The minimum absolute atomic E-state index is 0.183. The summed E-state index contributed by atoms with van der Waals surface area (Å²) in [7, 11) is 1.50. The zero-order valence-electron chi connectivity index (χ0n) is 12.1. The van der Waals surface area contributed by atoms with Gasteiger partial charge in [-0.15, -0.1) is 0 Å². The molecule has 0 bridgehead atoms. The fourth-order valence-corrected chi connectivity index (χ4v) is 2.40. The summed E-state index contributed by atoms with van der Waals surface area (Å²) in [6, 6.07) is 8.74. The van der Waals surface area contributed by atoms with E-state index >= 15 is 0 Å². The van der Waals surface area contributed by atoms with Gasteiger partial charge in [0.25, 0.3) is 0 Å². The molecule has 0 amide bonds. The summed E-state index contributed by atoms with van der Waals surface area (Å²) in [4.78, 5) is 15.4. The van der Waals surface area contributed by atoms with Gasteiger partial charge in [-0.1, -0.05) is 12.1 Å². The Bertz CT molecular complexity index is 906. The molecular weight excluding hydrogens is 306 g/mol. The number of aliphatic carboxylic acids is 1. The van der Waals surface area contributed by atoms with E-state index in [-0.39, 0.29) is 11.0 Å². The van der Waals surface area contributed by atoms with Gasteiger partial charge < -0.3 is 14.4 Å². The van der Waals surface area contributed by atoms with E-state index in [9.17, 15) is 13.6 Å². The number of hydrogen-bond donors (Lipinski definition) is 1. The summed E-state index contributed by atoms with van der Waals surface area (Å²) >= 11 is 0. The predicted octanol–water partition coefficient (Wildman–Crippen LogP) is 3.07. The van der Waals surface area contributed by atoms with Crippen LogP contribution in [-0.2, 0) is 11.3 Å². The second kappa shape index (κ2) is 5.68. The largest absolute Gasteiger partial charge is 0.497 e. The Morgan fingerprint density at radius 2 is 2.00 bits per heavy atom. The van der Waals surface area contributed by atoms with Crippen LogP contribution in [-0.4, -0.2) is 27.7 Å². The second-order valence-electron chi connectivity index (χ2n) is 4.90. The highest BCUT2D eigenvalue weighted by molar-refractivity contribution is 5.83. The molecule has 0 aliphatic carbocycles. The SMILES string of the molecule is COc1cccc(-c2nc3cc(F)c(F)cc3n2CC(=O)O)c1. The lowest BCUT2D eigenvalue weighted by Gasteiger charge is -2.08. The van der Waals surface area contributed by atoms with E-state index < -0.39 is 24.1 Å². The molecule has 0 atom stereocenters. The van der Waals surface area contributed by atoms with Gasteiger partial charge in [0, 0.05) is 17.7 Å². The first kappa shape index (κ1) is 15.0. The van der Waals surface area contributed by atoms with Crippen molar-refractivity contribution in [1.82, 2.24) is 9.55 Å². The van der Waals surface area contributed by atoms with Crippen molar-refractivity contribution in [1.29, 1.82) is 0 Å². The summed E-state index contributed by atoms with van der Waals surface area (Å²) in [5.41, 5.74) is 0.981. The third kappa shape index (κ3) is 2.73. The number of hydrogen-bond acceptors (Lipinski definition) is 3. The van der Waals surface area contributed by atoms with E-state index in [1.165, 1.54) is 11.7 Å². The number of fused-ring (bicyclic) bond motifs is 1. The van der Waals surface area contributed by atoms with Gasteiger partial charge in [-0.3, -0.25) is 4.79 Å². The number of aromatic nitrogens is 2. The molecule has 118 valence electrons. The Labute approximate surface area is 129 Å². The summed E-state index contributed by atoms with van der Waals surface area (Å²) in [5.74, 6) is -2.34. The maximum Gasteiger partial charge on any atom is 0.323 e. The van der Waals surface area contributed by atoms with Crippen LogP contribution in [0.4, 0.5) is 8.78 Å². The van der Waals surface area contributed by atoms with Gasteiger partial charge in [-0.2, -0.15) is 0 Å². The number of halogens is 2. The highest BCUT2D eigenvalue weighted by Crippen LogP contribution is 2.28. The molecule has 3 aromatic rings. The third-order valence-electron chi connectivity index (χ3n) is 3.41. The van der Waals surface area contributed by atoms with Crippen molar-refractivity contribution in [2.24, 2.45) is 0 Å². The molecule has 1 heterocycles. The van der Waals surface area contributed by atoms with Crippen LogP contribution in [0, 0.1) is 11.6 Å². The molecular formula is C16H12F2N2O3. The zero-order chi connectivity index (χ0) is 16.6. The van der Waals surface area contributed by atoms with Crippen LogP contribution in [0.5, 0.6) is 5.75 Å². The predicted molar refractivity (Wildman–Crippen MR) is 79.3 cm³/mol. The Balaban J connectivity index is 2.27. The molecule has 0 radical (unpaired) electrons. The number of carboxylic acids is 1. The smallest absolute Gasteiger partial charge is 0.323 e. The number of benzene rings is 2. The lowest BCUT2D eigenvalue weighted by molar-refractivity contribution is -0.137. The number of nitrogens with zero attached hydrogens (tertiary/aromatic N) is 2. The molecule has 0 fully saturated rings. The second-order valence-corrected chi connectivity index (χ2v) is 4.90. The van der Waals surface area contributed by atoms with Gasteiger partial charge in [0.05, 0.1) is 18.1 Å². The average molecular weight is 318 g/mol. The quantitative estimate of drug-likeness (QED) is 0.803. The number of rotatable bonds is 4. The number of carboxylic acid groups (broad SMARTS) is 1. The normalized spacial score (nSPS) is 10.9. The summed E-state index contributed by atoms with van der Waals surface area (Å²) < 4.78 is 33.4. The zero-order valence-corrected chi connectivity index (χ0v) is 12.1. The van der Waals surface area contributed by atoms with Gasteiger partial charge in [0.2, 0.25) is 0 Å². The topological polar surface area (TPSA) is 64.4 Å². The molecule has 7 heteroatoms. The van der Waals surface area contributed by atoms with E-state index in [4.69, 9.17) is 9.84 Å². The Morgan fingerprint density at radius 1 is 1.26 bits per heavy atom. The Hall–Kier alpha value is -2.96. The van der Waals surface area contributed by atoms with Crippen molar-refractivity contribution < 1.29 is 23.4 Å². The number of ether oxygens (including phenoxy) is 1. The van der Waals surface area contributed by atoms with E-state index in [1.54, 1.807) is 24.3 Å². The average Bonchev–Trinajstić information content (AvgIpc) is 2.85. The van der Waals surface area contributed by atoms with Crippen LogP contribution in [0.25, 0.3) is 22.4 Å². The molecule has 0 saturated heterocycles. The molecule has 5 nitrogen and oxygen atoms in total. The fraction of sp³-hybridized carbons (Fsp3) is 0.125. The molecule has 2 aromatic carbocycles. The maximum atomic E-state index is 13.5. The van der Waals surface area contributed by atoms with Crippen LogP contribution in [0.1, 0.15) is 0 Å². The highest BCUT2D eigenvalue weighted by Gasteiger charge is 2.17. The van der Waals surface area contributed by atoms with Crippen molar-refractivity contribution in [3.8, 4) is 17.1 Å². The van der Waals surface area contributed by atoms with Gasteiger partial charge in [0.15, 0.2) is 11.6 Å². The minimum atomic E-state index is -1.11. The highest BCUT2D eigenvalue weighted by atomic mass is 19.2. The first-order valence-electron chi connectivity index (χ1n) is 6.71. The van der Waals surface area contributed by atoms with Crippen LogP contribution in [0.15, 0.2) is 36.4 Å². The molecule has 0 unspecified atom stereocenters. The van der Waals surface area contributed by atoms with Crippen molar-refractivity contribution in [2.45, 2.75) is 6.54 Å². The fourth-order valence-electron chi connectivity index (χ4n) is 2.40. The van der Waals surface area contributed by atoms with E-state index in [2.05, 4.69) is 4.98 Å². The molecule has 0 aliphatic rings. The standard InChI is InChI=1S/C16H12F2N2O3/c1-23-10-4-2-3-9(5-10)16-19-13-6-11(17)12(18)7-14(13)20(16)8-15(21)22/h2-7H,8H2,1H3,(H,21,22). The molecule has 1 N–H and O–H groups in total. The molecule has 3 rings (SSSR count). The van der Waals surface area contributed by atoms with Crippen LogP contribution < -0.4 is 4.74 Å². The van der Waals surface area contributed by atoms with Crippen molar-refractivity contribution in [3.63, 3.8) is 0 Å². The minimum Gasteiger partial charge on any atom is -0.497 e. The molecule has 0 saturated carbocycles. The van der Waals surface area contributed by atoms with Gasteiger partial charge in [0.1, 0.15) is 18.1 Å². The lowest BCUT2D eigenvalue weighted by Crippen LogP contribution is -2.10. The third-order valence-corrected chi connectivity index (χ3v) is 3.41. The monoisotopic (exact) mass is 318 g/mol. The van der Waals surface area contributed by atoms with E-state index in [1.807, 2.05) is 0 Å². The Kier molecular flexibility index (Phi) is 3.69. The van der Waals surface area contributed by atoms with E-state index in [0.29, 0.717) is 17.1 Å². The van der Waals surface area contributed by atoms with Crippen molar-refractivity contribution in [3.05, 3.63) is 48.0 Å². The van der Waals surface area contributed by atoms with Gasteiger partial charge >= 0.3 is 5.97 Å². The first-order chi connectivity index (χ1) is 11.0. The molecule has 0 spiro atoms. The summed E-state index contributed by atoms with van der Waals surface area (Å²) in [6.45, 7) is -0.423. The number of carbonyl (C=O) groups is 1. The first-order valence-corrected chi connectivity index (χ1v) is 6.71. The molecule has 1 aromatic heterocycles. The summed E-state index contributed by atoms with van der Waals surface area (Å²) in [6.07, 6.45) is 0. The Morgan fingerprint density at radius 3 is 2.70 bits per heavy atom. The van der Waals surface area contributed by atoms with Gasteiger partial charge in [-0.05, 0) is 12.1 Å². The van der Waals surface area contributed by atoms with Crippen molar-refractivity contribution >= 4 is 17.0 Å². The van der Waals surface area contributed by atoms with Crippen molar-refractivity contribution in [2.75, 3.05) is 7.11 Å². The maximum absolute atomic E-state index is 13.5. The van der Waals surface area contributed by atoms with Crippen LogP contribution in [0.2, 0.25) is 0 Å². The molecule has 0 aliphatic heterocycles. The van der Waals surface area contributed by atoms with E-state index in [0.717, 1.165) is 12.1 Å². The summed E-state index contributed by atoms with van der Waals surface area (Å²) in [5, 5.41) is 9.10. The van der Waals surface area contributed by atoms with Crippen LogP contribution >= 0.6 is 0 Å². The molecule has 23 heavy (non-hydrogen) atoms. The number of imidazole rings is 1. The number of methoxy groups -OCH3 is 1. The van der Waals surface area contributed by atoms with Gasteiger partial charge in [-0.25, -0.2) is 13.8 Å². The lowest BCUT2D eigenvalue weighted by atomic mass is 10.2. The van der Waals surface area contributed by atoms with Crippen LogP contribution in [0.3, 0.4) is 0 Å².